The third-order valence-corrected chi connectivity index (χ3v) is 5.67. The lowest BCUT2D eigenvalue weighted by molar-refractivity contribution is 0.833. The van der Waals surface area contributed by atoms with Crippen LogP contribution in [0.5, 0.6) is 0 Å². The Balaban J connectivity index is 1.79. The molecule has 0 saturated carbocycles. The Morgan fingerprint density at radius 3 is 2.41 bits per heavy atom. The first-order valence-corrected chi connectivity index (χ1v) is 9.98. The van der Waals surface area contributed by atoms with Crippen LogP contribution in [0, 0.1) is 34.6 Å². The highest BCUT2D eigenvalue weighted by molar-refractivity contribution is 5.94. The van der Waals surface area contributed by atoms with Gasteiger partial charge in [0.1, 0.15) is 0 Å². The van der Waals surface area contributed by atoms with E-state index < -0.39 is 0 Å². The molecule has 4 rings (SSSR count). The topological polar surface area (TPSA) is 55.6 Å². The van der Waals surface area contributed by atoms with Crippen molar-refractivity contribution in [2.75, 3.05) is 5.32 Å². The Morgan fingerprint density at radius 1 is 0.897 bits per heavy atom. The van der Waals surface area contributed by atoms with Crippen LogP contribution in [0.4, 0.5) is 5.82 Å². The van der Waals surface area contributed by atoms with Crippen molar-refractivity contribution in [1.82, 2.24) is 20.0 Å². The highest BCUT2D eigenvalue weighted by Gasteiger charge is 2.15. The number of hydrogen-bond donors (Lipinski definition) is 1. The van der Waals surface area contributed by atoms with Crippen molar-refractivity contribution in [1.29, 1.82) is 0 Å². The summed E-state index contributed by atoms with van der Waals surface area (Å²) in [5.41, 5.74) is 7.94. The van der Waals surface area contributed by atoms with E-state index in [0.717, 1.165) is 39.4 Å². The molecule has 2 aromatic carbocycles. The van der Waals surface area contributed by atoms with E-state index in [9.17, 15) is 0 Å². The Morgan fingerprint density at radius 2 is 1.69 bits per heavy atom. The van der Waals surface area contributed by atoms with Crippen molar-refractivity contribution >= 4 is 16.6 Å². The molecule has 5 heteroatoms. The SMILES string of the molecule is Cc1cc(C)n(-c2ccc3c(C)nnc(N[C@H](C)c4cccc(C)c4C)c3c2)n1. The van der Waals surface area contributed by atoms with Gasteiger partial charge >= 0.3 is 0 Å². The predicted molar refractivity (Wildman–Crippen MR) is 119 cm³/mol. The van der Waals surface area contributed by atoms with Crippen molar-refractivity contribution in [3.63, 3.8) is 0 Å². The van der Waals surface area contributed by atoms with Gasteiger partial charge in [0.05, 0.1) is 23.1 Å². The van der Waals surface area contributed by atoms with Gasteiger partial charge in [-0.3, -0.25) is 0 Å². The molecule has 5 nitrogen and oxygen atoms in total. The number of aromatic nitrogens is 4. The maximum absolute atomic E-state index is 4.63. The number of nitrogens with zero attached hydrogens (tertiary/aromatic N) is 4. The first-order valence-electron chi connectivity index (χ1n) is 9.98. The summed E-state index contributed by atoms with van der Waals surface area (Å²) in [4.78, 5) is 0. The molecular weight excluding hydrogens is 358 g/mol. The van der Waals surface area contributed by atoms with Gasteiger partial charge < -0.3 is 5.32 Å². The quantitative estimate of drug-likeness (QED) is 0.502. The zero-order valence-corrected chi connectivity index (χ0v) is 17.9. The van der Waals surface area contributed by atoms with Crippen molar-refractivity contribution < 1.29 is 0 Å². The van der Waals surface area contributed by atoms with Crippen LogP contribution < -0.4 is 5.32 Å². The summed E-state index contributed by atoms with van der Waals surface area (Å²) in [6.45, 7) is 12.6. The van der Waals surface area contributed by atoms with E-state index >= 15 is 0 Å². The fraction of sp³-hybridized carbons (Fsp3) is 0.292. The second-order valence-corrected chi connectivity index (χ2v) is 7.86. The Hall–Kier alpha value is -3.21. The average molecular weight is 386 g/mol. The molecule has 2 heterocycles. The van der Waals surface area contributed by atoms with E-state index in [4.69, 9.17) is 0 Å². The monoisotopic (exact) mass is 385 g/mol. The summed E-state index contributed by atoms with van der Waals surface area (Å²) in [7, 11) is 0. The molecule has 1 atom stereocenters. The fourth-order valence-corrected chi connectivity index (χ4v) is 3.93. The lowest BCUT2D eigenvalue weighted by Crippen LogP contribution is -2.11. The van der Waals surface area contributed by atoms with E-state index in [1.165, 1.54) is 16.7 Å². The van der Waals surface area contributed by atoms with Gasteiger partial charge in [-0.1, -0.05) is 24.3 Å². The van der Waals surface area contributed by atoms with Crippen LogP contribution in [0.2, 0.25) is 0 Å². The molecule has 2 aromatic heterocycles. The molecule has 29 heavy (non-hydrogen) atoms. The number of anilines is 1. The van der Waals surface area contributed by atoms with Gasteiger partial charge in [-0.2, -0.15) is 10.2 Å². The van der Waals surface area contributed by atoms with Crippen molar-refractivity contribution in [2.45, 2.75) is 47.6 Å². The van der Waals surface area contributed by atoms with Gasteiger partial charge in [0, 0.05) is 16.5 Å². The minimum absolute atomic E-state index is 0.118. The average Bonchev–Trinajstić information content (AvgIpc) is 3.04. The molecule has 0 radical (unpaired) electrons. The van der Waals surface area contributed by atoms with Crippen LogP contribution in [0.15, 0.2) is 42.5 Å². The number of rotatable bonds is 4. The van der Waals surface area contributed by atoms with Gasteiger partial charge in [-0.05, 0) is 76.4 Å². The third-order valence-electron chi connectivity index (χ3n) is 5.67. The summed E-state index contributed by atoms with van der Waals surface area (Å²) in [5.74, 6) is 0.794. The Labute approximate surface area is 171 Å². The minimum Gasteiger partial charge on any atom is -0.362 e. The highest BCUT2D eigenvalue weighted by Crippen LogP contribution is 2.30. The Kier molecular flexibility index (Phi) is 4.82. The summed E-state index contributed by atoms with van der Waals surface area (Å²) >= 11 is 0. The maximum atomic E-state index is 4.63. The van der Waals surface area contributed by atoms with Gasteiger partial charge in [-0.25, -0.2) is 4.68 Å². The van der Waals surface area contributed by atoms with E-state index in [1.54, 1.807) is 0 Å². The van der Waals surface area contributed by atoms with E-state index in [1.807, 2.05) is 18.5 Å². The summed E-state index contributed by atoms with van der Waals surface area (Å²) in [6.07, 6.45) is 0. The van der Waals surface area contributed by atoms with Gasteiger partial charge in [-0.15, -0.1) is 5.10 Å². The number of fused-ring (bicyclic) bond motifs is 1. The smallest absolute Gasteiger partial charge is 0.157 e. The normalized spacial score (nSPS) is 12.3. The number of nitrogens with one attached hydrogen (secondary N) is 1. The fourth-order valence-electron chi connectivity index (χ4n) is 3.93. The zero-order valence-electron chi connectivity index (χ0n) is 17.9. The Bertz CT molecular complexity index is 1210. The lowest BCUT2D eigenvalue weighted by atomic mass is 9.98. The van der Waals surface area contributed by atoms with Crippen molar-refractivity contribution in [3.8, 4) is 5.69 Å². The van der Waals surface area contributed by atoms with Crippen molar-refractivity contribution in [2.24, 2.45) is 0 Å². The molecule has 0 saturated heterocycles. The molecule has 148 valence electrons. The molecule has 4 aromatic rings. The molecular formula is C24H27N5. The molecule has 0 fully saturated rings. The van der Waals surface area contributed by atoms with Crippen LogP contribution >= 0.6 is 0 Å². The maximum Gasteiger partial charge on any atom is 0.157 e. The standard InChI is InChI=1S/C24H27N5/c1-14-8-7-9-21(17(14)4)18(5)25-24-23-13-20(29-16(3)12-15(2)28-29)10-11-22(23)19(6)26-27-24/h7-13,18H,1-6H3,(H,25,27)/t18-/m1/s1. The molecule has 0 aliphatic rings. The first-order chi connectivity index (χ1) is 13.8. The van der Waals surface area contributed by atoms with E-state index in [0.29, 0.717) is 0 Å². The number of benzene rings is 2. The second-order valence-electron chi connectivity index (χ2n) is 7.86. The number of hydrogen-bond acceptors (Lipinski definition) is 4. The summed E-state index contributed by atoms with van der Waals surface area (Å²) < 4.78 is 1.97. The summed E-state index contributed by atoms with van der Waals surface area (Å²) in [6, 6.07) is 15.0. The van der Waals surface area contributed by atoms with Gasteiger partial charge in [0.25, 0.3) is 0 Å². The molecule has 0 bridgehead atoms. The van der Waals surface area contributed by atoms with Gasteiger partial charge in [0.15, 0.2) is 5.82 Å². The molecule has 1 N–H and O–H groups in total. The largest absolute Gasteiger partial charge is 0.362 e. The van der Waals surface area contributed by atoms with Gasteiger partial charge in [0.2, 0.25) is 0 Å². The van der Waals surface area contributed by atoms with E-state index in [-0.39, 0.29) is 6.04 Å². The van der Waals surface area contributed by atoms with Crippen LogP contribution in [0.25, 0.3) is 16.5 Å². The van der Waals surface area contributed by atoms with E-state index in [2.05, 4.69) is 90.8 Å². The van der Waals surface area contributed by atoms with Crippen LogP contribution in [-0.2, 0) is 0 Å². The van der Waals surface area contributed by atoms with Crippen LogP contribution in [0.3, 0.4) is 0 Å². The minimum atomic E-state index is 0.118. The third kappa shape index (κ3) is 3.48. The molecule has 0 aliphatic carbocycles. The molecule has 0 unspecified atom stereocenters. The van der Waals surface area contributed by atoms with Crippen LogP contribution in [0.1, 0.15) is 46.7 Å². The first kappa shape index (κ1) is 19.1. The molecule has 0 amide bonds. The lowest BCUT2D eigenvalue weighted by Gasteiger charge is -2.19. The number of aryl methyl sites for hydroxylation is 4. The molecule has 0 aliphatic heterocycles. The molecule has 0 spiro atoms. The predicted octanol–water partition coefficient (Wildman–Crippen LogP) is 5.53. The van der Waals surface area contributed by atoms with Crippen LogP contribution in [-0.4, -0.2) is 20.0 Å². The summed E-state index contributed by atoms with van der Waals surface area (Å²) in [5, 5.41) is 19.3. The second kappa shape index (κ2) is 7.32. The zero-order chi connectivity index (χ0) is 20.7. The highest BCUT2D eigenvalue weighted by atomic mass is 15.3. The van der Waals surface area contributed by atoms with Crippen molar-refractivity contribution in [3.05, 3.63) is 76.2 Å².